The molecule has 1 fully saturated rings. The Morgan fingerprint density at radius 1 is 1.15 bits per heavy atom. The Morgan fingerprint density at radius 2 is 1.94 bits per heavy atom. The Morgan fingerprint density at radius 3 is 2.73 bits per heavy atom. The van der Waals surface area contributed by atoms with Crippen LogP contribution in [0, 0.1) is 12.7 Å². The number of hydrogen-bond acceptors (Lipinski definition) is 4. The molecule has 0 bridgehead atoms. The topological polar surface area (TPSA) is 74.2 Å². The molecular formula is C24H23ClFN5O2. The van der Waals surface area contributed by atoms with E-state index in [1.165, 1.54) is 23.0 Å². The minimum atomic E-state index is -0.384. The predicted octanol–water partition coefficient (Wildman–Crippen LogP) is 3.72. The van der Waals surface area contributed by atoms with Crippen LogP contribution in [-0.4, -0.2) is 51.5 Å². The first-order chi connectivity index (χ1) is 15.9. The van der Waals surface area contributed by atoms with E-state index in [-0.39, 0.29) is 30.2 Å². The highest BCUT2D eigenvalue weighted by Crippen LogP contribution is 2.25. The number of aromatic nitrogens is 3. The number of anilines is 1. The van der Waals surface area contributed by atoms with Crippen LogP contribution in [0.4, 0.5) is 10.1 Å². The number of fused-ring (bicyclic) bond motifs is 3. The molecule has 0 atom stereocenters. The second-order valence-electron chi connectivity index (χ2n) is 8.33. The van der Waals surface area contributed by atoms with Gasteiger partial charge in [0.05, 0.1) is 6.33 Å². The molecule has 1 amide bonds. The van der Waals surface area contributed by atoms with Crippen LogP contribution in [0.5, 0.6) is 0 Å². The molecule has 1 aliphatic heterocycles. The Hall–Kier alpha value is -3.39. The van der Waals surface area contributed by atoms with E-state index in [1.54, 1.807) is 6.07 Å². The second-order valence-corrected chi connectivity index (χ2v) is 8.77. The van der Waals surface area contributed by atoms with Crippen molar-refractivity contribution in [3.05, 3.63) is 69.5 Å². The number of aryl methyl sites for hydroxylation is 2. The van der Waals surface area contributed by atoms with Crippen molar-refractivity contribution in [1.82, 2.24) is 19.4 Å². The van der Waals surface area contributed by atoms with E-state index in [1.807, 2.05) is 23.1 Å². The molecule has 0 radical (unpaired) electrons. The maximum Gasteiger partial charge on any atom is 0.277 e. The molecule has 0 unspecified atom stereocenters. The van der Waals surface area contributed by atoms with Crippen molar-refractivity contribution in [3.63, 3.8) is 0 Å². The minimum absolute atomic E-state index is 0.00295. The number of piperazine rings is 1. The highest BCUT2D eigenvalue weighted by atomic mass is 35.5. The van der Waals surface area contributed by atoms with Gasteiger partial charge in [-0.2, -0.15) is 0 Å². The molecule has 1 aliphatic rings. The fraction of sp³-hybridized carbons (Fsp3) is 0.292. The van der Waals surface area contributed by atoms with Crippen LogP contribution in [0.25, 0.3) is 21.9 Å². The lowest BCUT2D eigenvalue weighted by atomic mass is 10.1. The van der Waals surface area contributed by atoms with Gasteiger partial charge in [0, 0.05) is 60.8 Å². The normalized spacial score (nSPS) is 14.4. The maximum absolute atomic E-state index is 13.6. The number of aromatic amines is 1. The third kappa shape index (κ3) is 4.06. The first-order valence-corrected chi connectivity index (χ1v) is 11.2. The van der Waals surface area contributed by atoms with Crippen molar-refractivity contribution in [2.75, 3.05) is 31.1 Å². The monoisotopic (exact) mass is 467 g/mol. The molecule has 33 heavy (non-hydrogen) atoms. The van der Waals surface area contributed by atoms with Gasteiger partial charge in [0.2, 0.25) is 5.91 Å². The Balaban J connectivity index is 1.25. The molecule has 170 valence electrons. The summed E-state index contributed by atoms with van der Waals surface area (Å²) in [5.41, 5.74) is 3.38. The summed E-state index contributed by atoms with van der Waals surface area (Å²) < 4.78 is 15.0. The summed E-state index contributed by atoms with van der Waals surface area (Å²) in [6.45, 7) is 4.97. The molecule has 1 N–H and O–H groups in total. The van der Waals surface area contributed by atoms with Crippen molar-refractivity contribution in [1.29, 1.82) is 0 Å². The molecule has 2 aromatic carbocycles. The van der Waals surface area contributed by atoms with Gasteiger partial charge in [-0.15, -0.1) is 0 Å². The molecule has 9 heteroatoms. The van der Waals surface area contributed by atoms with Gasteiger partial charge in [0.25, 0.3) is 5.56 Å². The number of halogens is 2. The van der Waals surface area contributed by atoms with Crippen LogP contribution < -0.4 is 10.5 Å². The summed E-state index contributed by atoms with van der Waals surface area (Å²) in [5.74, 6) is -0.381. The van der Waals surface area contributed by atoms with Crippen LogP contribution in [0.3, 0.4) is 0 Å². The van der Waals surface area contributed by atoms with Crippen molar-refractivity contribution < 1.29 is 9.18 Å². The van der Waals surface area contributed by atoms with E-state index in [4.69, 9.17) is 11.6 Å². The van der Waals surface area contributed by atoms with Gasteiger partial charge in [0.15, 0.2) is 0 Å². The zero-order valence-corrected chi connectivity index (χ0v) is 18.9. The molecule has 0 aliphatic carbocycles. The van der Waals surface area contributed by atoms with Gasteiger partial charge >= 0.3 is 0 Å². The summed E-state index contributed by atoms with van der Waals surface area (Å²) >= 11 is 6.15. The average molecular weight is 468 g/mol. The summed E-state index contributed by atoms with van der Waals surface area (Å²) in [6, 6.07) is 10.1. The number of amides is 1. The second kappa shape index (κ2) is 8.51. The molecule has 4 aromatic rings. The molecule has 5 rings (SSSR count). The van der Waals surface area contributed by atoms with Crippen LogP contribution in [0.1, 0.15) is 12.0 Å². The first kappa shape index (κ1) is 21.5. The fourth-order valence-corrected chi connectivity index (χ4v) is 4.58. The number of nitrogens with one attached hydrogen (secondary N) is 1. The van der Waals surface area contributed by atoms with E-state index in [0.29, 0.717) is 40.0 Å². The zero-order valence-electron chi connectivity index (χ0n) is 18.1. The standard InChI is InChI=1S/C24H23ClFN5O2/c1-15-2-3-16(25)12-20(15)29-8-10-30(11-9-29)21(32)6-7-31-14-27-22-18-13-17(26)4-5-19(18)28-23(22)24(31)33/h2-5,12-14,28H,6-11H2,1H3. The summed E-state index contributed by atoms with van der Waals surface area (Å²) in [4.78, 5) is 37.1. The van der Waals surface area contributed by atoms with Crippen LogP contribution in [-0.2, 0) is 11.3 Å². The van der Waals surface area contributed by atoms with Crippen molar-refractivity contribution in [3.8, 4) is 0 Å². The number of benzene rings is 2. The fourth-order valence-electron chi connectivity index (χ4n) is 4.42. The van der Waals surface area contributed by atoms with Gasteiger partial charge in [-0.3, -0.25) is 14.2 Å². The Labute approximate surface area is 194 Å². The first-order valence-electron chi connectivity index (χ1n) is 10.9. The van der Waals surface area contributed by atoms with E-state index in [9.17, 15) is 14.0 Å². The number of hydrogen-bond donors (Lipinski definition) is 1. The van der Waals surface area contributed by atoms with Crippen LogP contribution in [0.2, 0.25) is 5.02 Å². The average Bonchev–Trinajstić information content (AvgIpc) is 3.19. The zero-order chi connectivity index (χ0) is 23.1. The van der Waals surface area contributed by atoms with Crippen LogP contribution in [0.15, 0.2) is 47.5 Å². The minimum Gasteiger partial charge on any atom is -0.368 e. The number of carbonyl (C=O) groups excluding carboxylic acids is 1. The highest BCUT2D eigenvalue weighted by Gasteiger charge is 2.22. The third-order valence-corrected chi connectivity index (χ3v) is 6.48. The van der Waals surface area contributed by atoms with E-state index in [2.05, 4.69) is 21.8 Å². The lowest BCUT2D eigenvalue weighted by Crippen LogP contribution is -2.49. The maximum atomic E-state index is 13.6. The van der Waals surface area contributed by atoms with Gasteiger partial charge in [-0.1, -0.05) is 17.7 Å². The molecule has 0 spiro atoms. The number of rotatable bonds is 4. The molecular weight excluding hydrogens is 445 g/mol. The summed E-state index contributed by atoms with van der Waals surface area (Å²) in [6.07, 6.45) is 1.63. The van der Waals surface area contributed by atoms with Crippen molar-refractivity contribution in [2.45, 2.75) is 19.9 Å². The summed E-state index contributed by atoms with van der Waals surface area (Å²) in [5, 5.41) is 1.27. The van der Waals surface area contributed by atoms with Gasteiger partial charge in [0.1, 0.15) is 16.9 Å². The predicted molar refractivity (Wildman–Crippen MR) is 127 cm³/mol. The SMILES string of the molecule is Cc1ccc(Cl)cc1N1CCN(C(=O)CCn2cnc3c([nH]c4ccc(F)cc43)c2=O)CC1. The van der Waals surface area contributed by atoms with E-state index in [0.717, 1.165) is 24.3 Å². The molecule has 7 nitrogen and oxygen atoms in total. The van der Waals surface area contributed by atoms with Gasteiger partial charge < -0.3 is 14.8 Å². The lowest BCUT2D eigenvalue weighted by molar-refractivity contribution is -0.131. The molecule has 3 heterocycles. The number of carbonyl (C=O) groups is 1. The van der Waals surface area contributed by atoms with Crippen molar-refractivity contribution >= 4 is 45.1 Å². The smallest absolute Gasteiger partial charge is 0.277 e. The van der Waals surface area contributed by atoms with E-state index >= 15 is 0 Å². The Bertz CT molecular complexity index is 1420. The Kier molecular flexibility index (Phi) is 5.54. The van der Waals surface area contributed by atoms with E-state index < -0.39 is 0 Å². The third-order valence-electron chi connectivity index (χ3n) is 6.24. The van der Waals surface area contributed by atoms with Gasteiger partial charge in [-0.05, 0) is 42.8 Å². The number of nitrogens with zero attached hydrogens (tertiary/aromatic N) is 4. The molecule has 2 aromatic heterocycles. The van der Waals surface area contributed by atoms with Gasteiger partial charge in [-0.25, -0.2) is 9.37 Å². The lowest BCUT2D eigenvalue weighted by Gasteiger charge is -2.37. The highest BCUT2D eigenvalue weighted by molar-refractivity contribution is 6.30. The molecule has 1 saturated heterocycles. The van der Waals surface area contributed by atoms with Crippen LogP contribution >= 0.6 is 11.6 Å². The number of H-pyrrole nitrogens is 1. The quantitative estimate of drug-likeness (QED) is 0.496. The molecule has 0 saturated carbocycles. The largest absolute Gasteiger partial charge is 0.368 e. The summed E-state index contributed by atoms with van der Waals surface area (Å²) in [7, 11) is 0. The van der Waals surface area contributed by atoms with Crippen molar-refractivity contribution in [2.24, 2.45) is 0 Å².